The first-order chi connectivity index (χ1) is 13.1. The SMILES string of the molecule is CN(CCN(C)c1cnc2nc(-c3cnn(C)c3)ccn12)C(=O)OC(C)(C)C. The number of anilines is 1. The Labute approximate surface area is 164 Å². The first kappa shape index (κ1) is 19.7. The molecule has 150 valence electrons. The van der Waals surface area contributed by atoms with Crippen molar-refractivity contribution >= 4 is 17.7 Å². The maximum atomic E-state index is 12.1. The zero-order chi connectivity index (χ0) is 20.5. The number of hydrogen-bond donors (Lipinski definition) is 0. The zero-order valence-corrected chi connectivity index (χ0v) is 17.2. The van der Waals surface area contributed by atoms with E-state index in [0.29, 0.717) is 18.9 Å². The molecule has 0 aliphatic rings. The first-order valence-electron chi connectivity index (χ1n) is 9.12. The van der Waals surface area contributed by atoms with Crippen LogP contribution in [0.1, 0.15) is 20.8 Å². The molecule has 3 aromatic heterocycles. The molecule has 0 aliphatic heterocycles. The Bertz CT molecular complexity index is 970. The van der Waals surface area contributed by atoms with Crippen LogP contribution in [0, 0.1) is 0 Å². The van der Waals surface area contributed by atoms with Crippen LogP contribution in [-0.4, -0.2) is 67.9 Å². The second-order valence-electron chi connectivity index (χ2n) is 7.83. The summed E-state index contributed by atoms with van der Waals surface area (Å²) in [6, 6.07) is 1.94. The molecule has 9 nitrogen and oxygen atoms in total. The average molecular weight is 385 g/mol. The van der Waals surface area contributed by atoms with Gasteiger partial charge in [0.05, 0.1) is 18.1 Å². The lowest BCUT2D eigenvalue weighted by Crippen LogP contribution is -2.38. The van der Waals surface area contributed by atoms with E-state index in [0.717, 1.165) is 17.1 Å². The fraction of sp³-hybridized carbons (Fsp3) is 0.474. The Kier molecular flexibility index (Phi) is 5.26. The number of likely N-dealkylation sites (N-methyl/N-ethyl adjacent to an activating group) is 2. The average Bonchev–Trinajstić information content (AvgIpc) is 3.23. The van der Waals surface area contributed by atoms with E-state index < -0.39 is 5.60 Å². The Morgan fingerprint density at radius 3 is 2.61 bits per heavy atom. The van der Waals surface area contributed by atoms with E-state index in [-0.39, 0.29) is 6.09 Å². The van der Waals surface area contributed by atoms with Gasteiger partial charge in [-0.3, -0.25) is 9.08 Å². The van der Waals surface area contributed by atoms with Gasteiger partial charge in [0, 0.05) is 52.2 Å². The molecule has 9 heteroatoms. The number of carbonyl (C=O) groups is 1. The van der Waals surface area contributed by atoms with Crippen molar-refractivity contribution < 1.29 is 9.53 Å². The number of nitrogens with zero attached hydrogens (tertiary/aromatic N) is 7. The summed E-state index contributed by atoms with van der Waals surface area (Å²) >= 11 is 0. The minimum atomic E-state index is -0.503. The zero-order valence-electron chi connectivity index (χ0n) is 17.2. The van der Waals surface area contributed by atoms with Crippen molar-refractivity contribution in [3.05, 3.63) is 30.9 Å². The second kappa shape index (κ2) is 7.49. The Morgan fingerprint density at radius 1 is 1.21 bits per heavy atom. The van der Waals surface area contributed by atoms with Crippen molar-refractivity contribution in [3.8, 4) is 11.3 Å². The minimum absolute atomic E-state index is 0.332. The van der Waals surface area contributed by atoms with Gasteiger partial charge in [0.15, 0.2) is 0 Å². The third kappa shape index (κ3) is 4.41. The quantitative estimate of drug-likeness (QED) is 0.671. The molecule has 0 spiro atoms. The van der Waals surface area contributed by atoms with Gasteiger partial charge in [-0.25, -0.2) is 14.8 Å². The van der Waals surface area contributed by atoms with Gasteiger partial charge in [-0.05, 0) is 26.8 Å². The largest absolute Gasteiger partial charge is 0.444 e. The topological polar surface area (TPSA) is 80.8 Å². The smallest absolute Gasteiger partial charge is 0.410 e. The number of imidazole rings is 1. The molecule has 0 saturated carbocycles. The van der Waals surface area contributed by atoms with Gasteiger partial charge in [0.2, 0.25) is 5.78 Å². The maximum Gasteiger partial charge on any atom is 0.410 e. The lowest BCUT2D eigenvalue weighted by atomic mass is 10.2. The molecule has 28 heavy (non-hydrogen) atoms. The highest BCUT2D eigenvalue weighted by molar-refractivity contribution is 5.67. The number of rotatable bonds is 5. The highest BCUT2D eigenvalue weighted by Crippen LogP contribution is 2.20. The second-order valence-corrected chi connectivity index (χ2v) is 7.83. The molecule has 0 unspecified atom stereocenters. The van der Waals surface area contributed by atoms with Crippen LogP contribution in [0.2, 0.25) is 0 Å². The number of carbonyl (C=O) groups excluding carboxylic acids is 1. The summed E-state index contributed by atoms with van der Waals surface area (Å²) in [6.45, 7) is 6.73. The molecule has 1 amide bonds. The summed E-state index contributed by atoms with van der Waals surface area (Å²) in [5, 5.41) is 4.18. The molecule has 0 N–H and O–H groups in total. The highest BCUT2D eigenvalue weighted by atomic mass is 16.6. The summed E-state index contributed by atoms with van der Waals surface area (Å²) in [6.07, 6.45) is 7.09. The fourth-order valence-corrected chi connectivity index (χ4v) is 2.70. The van der Waals surface area contributed by atoms with Gasteiger partial charge in [0.25, 0.3) is 0 Å². The highest BCUT2D eigenvalue weighted by Gasteiger charge is 2.20. The molecule has 0 atom stereocenters. The van der Waals surface area contributed by atoms with Crippen molar-refractivity contribution in [2.75, 3.05) is 32.1 Å². The van der Waals surface area contributed by atoms with Crippen molar-refractivity contribution in [1.29, 1.82) is 0 Å². The predicted molar refractivity (Wildman–Crippen MR) is 107 cm³/mol. The van der Waals surface area contributed by atoms with E-state index in [1.807, 2.05) is 62.6 Å². The van der Waals surface area contributed by atoms with E-state index in [1.165, 1.54) is 0 Å². The van der Waals surface area contributed by atoms with Crippen LogP contribution in [0.4, 0.5) is 10.6 Å². The summed E-state index contributed by atoms with van der Waals surface area (Å²) in [5.41, 5.74) is 1.27. The van der Waals surface area contributed by atoms with Crippen LogP contribution in [0.3, 0.4) is 0 Å². The Hall–Kier alpha value is -3.10. The van der Waals surface area contributed by atoms with Crippen LogP contribution in [0.15, 0.2) is 30.9 Å². The van der Waals surface area contributed by atoms with Gasteiger partial charge in [-0.15, -0.1) is 0 Å². The normalized spacial score (nSPS) is 11.6. The third-order valence-corrected chi connectivity index (χ3v) is 4.23. The summed E-state index contributed by atoms with van der Waals surface area (Å²) in [4.78, 5) is 24.7. The Balaban J connectivity index is 1.68. The van der Waals surface area contributed by atoms with E-state index >= 15 is 0 Å². The van der Waals surface area contributed by atoms with E-state index in [9.17, 15) is 4.79 Å². The van der Waals surface area contributed by atoms with Crippen molar-refractivity contribution in [2.45, 2.75) is 26.4 Å². The molecule has 0 aromatic carbocycles. The summed E-state index contributed by atoms with van der Waals surface area (Å²) in [7, 11) is 5.57. The van der Waals surface area contributed by atoms with Crippen molar-refractivity contribution in [3.63, 3.8) is 0 Å². The van der Waals surface area contributed by atoms with Crippen molar-refractivity contribution in [2.24, 2.45) is 7.05 Å². The third-order valence-electron chi connectivity index (χ3n) is 4.23. The van der Waals surface area contributed by atoms with Crippen molar-refractivity contribution in [1.82, 2.24) is 29.0 Å². The molecule has 3 heterocycles. The number of aryl methyl sites for hydroxylation is 1. The van der Waals surface area contributed by atoms with E-state index in [4.69, 9.17) is 4.74 Å². The van der Waals surface area contributed by atoms with Crippen LogP contribution in [-0.2, 0) is 11.8 Å². The molecular weight excluding hydrogens is 358 g/mol. The monoisotopic (exact) mass is 385 g/mol. The molecular formula is C19H27N7O2. The standard InChI is InChI=1S/C19H27N7O2/c1-19(2,3)28-18(27)24(5)10-9-23(4)16-12-20-17-22-15(7-8-26(16)17)14-11-21-25(6)13-14/h7-8,11-13H,9-10H2,1-6H3. The number of aromatic nitrogens is 5. The number of amides is 1. The predicted octanol–water partition coefficient (Wildman–Crippen LogP) is 2.43. The van der Waals surface area contributed by atoms with Crippen LogP contribution >= 0.6 is 0 Å². The van der Waals surface area contributed by atoms with Crippen LogP contribution < -0.4 is 4.90 Å². The lowest BCUT2D eigenvalue weighted by molar-refractivity contribution is 0.0303. The van der Waals surface area contributed by atoms with Crippen LogP contribution in [0.25, 0.3) is 17.0 Å². The fourth-order valence-electron chi connectivity index (χ4n) is 2.70. The van der Waals surface area contributed by atoms with Gasteiger partial charge < -0.3 is 14.5 Å². The van der Waals surface area contributed by atoms with Gasteiger partial charge in [-0.1, -0.05) is 0 Å². The van der Waals surface area contributed by atoms with Gasteiger partial charge in [-0.2, -0.15) is 5.10 Å². The number of ether oxygens (including phenoxy) is 1. The first-order valence-corrected chi connectivity index (χ1v) is 9.12. The minimum Gasteiger partial charge on any atom is -0.444 e. The van der Waals surface area contributed by atoms with E-state index in [1.54, 1.807) is 29.0 Å². The maximum absolute atomic E-state index is 12.1. The Morgan fingerprint density at radius 2 is 1.96 bits per heavy atom. The molecule has 0 bridgehead atoms. The van der Waals surface area contributed by atoms with Crippen LogP contribution in [0.5, 0.6) is 0 Å². The van der Waals surface area contributed by atoms with Gasteiger partial charge in [0.1, 0.15) is 11.4 Å². The molecule has 0 radical (unpaired) electrons. The lowest BCUT2D eigenvalue weighted by Gasteiger charge is -2.26. The van der Waals surface area contributed by atoms with E-state index in [2.05, 4.69) is 15.1 Å². The number of fused-ring (bicyclic) bond motifs is 1. The van der Waals surface area contributed by atoms with Gasteiger partial charge >= 0.3 is 6.09 Å². The summed E-state index contributed by atoms with van der Waals surface area (Å²) in [5.74, 6) is 1.52. The summed E-state index contributed by atoms with van der Waals surface area (Å²) < 4.78 is 9.05. The molecule has 0 fully saturated rings. The molecule has 0 aliphatic carbocycles. The number of hydrogen-bond acceptors (Lipinski definition) is 6. The molecule has 3 aromatic rings. The molecule has 3 rings (SSSR count). The molecule has 0 saturated heterocycles.